The Bertz CT molecular complexity index is 433. The Morgan fingerprint density at radius 3 is 2.94 bits per heavy atom. The number of rotatable bonds is 6. The summed E-state index contributed by atoms with van der Waals surface area (Å²) in [5.74, 6) is 0. The lowest BCUT2D eigenvalue weighted by atomic mass is 10.1. The first-order valence-electron chi connectivity index (χ1n) is 5.74. The zero-order valence-corrected chi connectivity index (χ0v) is 10.3. The van der Waals surface area contributed by atoms with Crippen molar-refractivity contribution in [2.24, 2.45) is 0 Å². The molecule has 0 N–H and O–H groups in total. The summed E-state index contributed by atoms with van der Waals surface area (Å²) in [4.78, 5) is 0. The van der Waals surface area contributed by atoms with Crippen LogP contribution in [0.2, 0.25) is 0 Å². The molecule has 1 nitrogen and oxygen atoms in total. The van der Waals surface area contributed by atoms with Crippen molar-refractivity contribution in [2.45, 2.75) is 25.7 Å². The second kappa shape index (κ2) is 6.02. The molecule has 2 aromatic rings. The molecule has 0 atom stereocenters. The van der Waals surface area contributed by atoms with Crippen molar-refractivity contribution >= 4 is 21.4 Å². The van der Waals surface area contributed by atoms with Crippen molar-refractivity contribution < 1.29 is 4.74 Å². The summed E-state index contributed by atoms with van der Waals surface area (Å²) < 4.78 is 6.26. The van der Waals surface area contributed by atoms with Crippen LogP contribution in [0.4, 0.5) is 0 Å². The Hall–Kier alpha value is -0.860. The first-order valence-corrected chi connectivity index (χ1v) is 6.62. The fraction of sp³-hybridized carbons (Fsp3) is 0.357. The molecule has 0 fully saturated rings. The van der Waals surface area contributed by atoms with Gasteiger partial charge in [0.2, 0.25) is 0 Å². The Labute approximate surface area is 101 Å². The minimum atomic E-state index is 0.781. The first kappa shape index (κ1) is 11.6. The molecule has 16 heavy (non-hydrogen) atoms. The Morgan fingerprint density at radius 1 is 1.12 bits per heavy atom. The number of thiophene rings is 1. The third-order valence-corrected chi connectivity index (χ3v) is 3.80. The Kier molecular flexibility index (Phi) is 4.37. The molecular weight excluding hydrogens is 216 g/mol. The van der Waals surface area contributed by atoms with Gasteiger partial charge in [-0.25, -0.2) is 0 Å². The largest absolute Gasteiger partial charge is 0.379 e. The molecule has 0 bridgehead atoms. The van der Waals surface area contributed by atoms with E-state index in [-0.39, 0.29) is 0 Å². The zero-order valence-electron chi connectivity index (χ0n) is 9.45. The summed E-state index contributed by atoms with van der Waals surface area (Å²) in [5.41, 5.74) is 1.49. The van der Waals surface area contributed by atoms with Gasteiger partial charge in [0.1, 0.15) is 0 Å². The van der Waals surface area contributed by atoms with Gasteiger partial charge in [0.15, 0.2) is 0 Å². The van der Waals surface area contributed by atoms with Crippen molar-refractivity contribution in [3.05, 3.63) is 42.3 Å². The highest BCUT2D eigenvalue weighted by Crippen LogP contribution is 2.25. The van der Waals surface area contributed by atoms with E-state index < -0.39 is 0 Å². The average Bonchev–Trinajstić information content (AvgIpc) is 2.77. The van der Waals surface area contributed by atoms with Gasteiger partial charge in [-0.05, 0) is 41.7 Å². The number of aryl methyl sites for hydroxylation is 1. The highest BCUT2D eigenvalue weighted by molar-refractivity contribution is 7.17. The number of hydrogen-bond donors (Lipinski definition) is 0. The fourth-order valence-corrected chi connectivity index (χ4v) is 2.89. The molecule has 1 heterocycles. The van der Waals surface area contributed by atoms with Crippen molar-refractivity contribution in [1.29, 1.82) is 0 Å². The molecule has 1 aromatic heterocycles. The van der Waals surface area contributed by atoms with Gasteiger partial charge in [0.05, 0.1) is 7.11 Å². The molecule has 0 saturated carbocycles. The molecule has 0 aliphatic rings. The summed E-state index contributed by atoms with van der Waals surface area (Å²) in [5, 5.41) is 3.55. The van der Waals surface area contributed by atoms with Gasteiger partial charge >= 0.3 is 0 Å². The average molecular weight is 233 g/mol. The van der Waals surface area contributed by atoms with Crippen LogP contribution >= 0.6 is 11.3 Å². The summed E-state index contributed by atoms with van der Waals surface area (Å²) in [7, 11) is 3.38. The van der Waals surface area contributed by atoms with E-state index in [0.717, 1.165) is 13.0 Å². The van der Waals surface area contributed by atoms with E-state index in [1.54, 1.807) is 0 Å². The summed E-state index contributed by atoms with van der Waals surface area (Å²) in [6.07, 6.45) is 4.75. The number of benzene rings is 1. The highest BCUT2D eigenvalue weighted by Gasteiger charge is 2.01. The maximum absolute atomic E-state index is 4.80. The number of fused-ring (bicyclic) bond motifs is 1. The molecule has 1 radical (unpaired) electrons. The fourth-order valence-electron chi connectivity index (χ4n) is 1.95. The lowest BCUT2D eigenvalue weighted by Crippen LogP contribution is -1.89. The molecular formula is C14H17OS. The number of ether oxygens (including phenoxy) is 1. The van der Waals surface area contributed by atoms with Gasteiger partial charge in [-0.1, -0.05) is 24.6 Å². The van der Waals surface area contributed by atoms with Gasteiger partial charge in [-0.3, -0.25) is 0 Å². The maximum atomic E-state index is 4.80. The van der Waals surface area contributed by atoms with E-state index in [0.29, 0.717) is 0 Å². The van der Waals surface area contributed by atoms with Gasteiger partial charge in [0, 0.05) is 11.3 Å². The molecule has 0 aliphatic carbocycles. The quantitative estimate of drug-likeness (QED) is 0.671. The SMILES string of the molecule is [CH2]OCCCCCc1cccc2ccsc12. The number of hydrogen-bond acceptors (Lipinski definition) is 2. The molecule has 0 aliphatic heterocycles. The van der Waals surface area contributed by atoms with E-state index in [1.165, 1.54) is 34.9 Å². The smallest absolute Gasteiger partial charge is 0.0700 e. The van der Waals surface area contributed by atoms with Crippen LogP contribution in [0.1, 0.15) is 24.8 Å². The lowest BCUT2D eigenvalue weighted by Gasteiger charge is -2.03. The minimum Gasteiger partial charge on any atom is -0.379 e. The van der Waals surface area contributed by atoms with Crippen LogP contribution in [-0.2, 0) is 11.2 Å². The van der Waals surface area contributed by atoms with Gasteiger partial charge in [-0.2, -0.15) is 0 Å². The van der Waals surface area contributed by atoms with E-state index in [4.69, 9.17) is 4.74 Å². The number of unbranched alkanes of at least 4 members (excludes halogenated alkanes) is 2. The molecule has 0 unspecified atom stereocenters. The maximum Gasteiger partial charge on any atom is 0.0700 e. The monoisotopic (exact) mass is 233 g/mol. The Balaban J connectivity index is 1.91. The van der Waals surface area contributed by atoms with E-state index in [2.05, 4.69) is 36.8 Å². The van der Waals surface area contributed by atoms with Crippen LogP contribution < -0.4 is 0 Å². The minimum absolute atomic E-state index is 0.781. The van der Waals surface area contributed by atoms with Crippen LogP contribution in [0.3, 0.4) is 0 Å². The van der Waals surface area contributed by atoms with Gasteiger partial charge < -0.3 is 4.74 Å². The third kappa shape index (κ3) is 2.83. The zero-order chi connectivity index (χ0) is 11.2. The predicted molar refractivity (Wildman–Crippen MR) is 70.7 cm³/mol. The molecule has 0 spiro atoms. The second-order valence-electron chi connectivity index (χ2n) is 3.97. The van der Waals surface area contributed by atoms with Gasteiger partial charge in [0.25, 0.3) is 0 Å². The molecule has 85 valence electrons. The summed E-state index contributed by atoms with van der Waals surface area (Å²) in [6, 6.07) is 8.78. The standard InChI is InChI=1S/C14H17OS/c1-15-10-4-2-3-6-12-7-5-8-13-9-11-16-14(12)13/h5,7-9,11H,1-4,6,10H2. The van der Waals surface area contributed by atoms with Gasteiger partial charge in [-0.15, -0.1) is 11.3 Å². The predicted octanol–water partition coefficient (Wildman–Crippen LogP) is 4.42. The molecule has 0 saturated heterocycles. The van der Waals surface area contributed by atoms with E-state index in [1.807, 2.05) is 11.3 Å². The van der Waals surface area contributed by atoms with Crippen molar-refractivity contribution in [3.63, 3.8) is 0 Å². The summed E-state index contributed by atoms with van der Waals surface area (Å²) in [6.45, 7) is 0.781. The van der Waals surface area contributed by atoms with E-state index in [9.17, 15) is 0 Å². The molecule has 2 rings (SSSR count). The van der Waals surface area contributed by atoms with Crippen LogP contribution in [0.15, 0.2) is 29.6 Å². The van der Waals surface area contributed by atoms with Crippen LogP contribution in [0.25, 0.3) is 10.1 Å². The second-order valence-corrected chi connectivity index (χ2v) is 4.89. The van der Waals surface area contributed by atoms with Crippen molar-refractivity contribution in [3.8, 4) is 0 Å². The molecule has 1 aromatic carbocycles. The van der Waals surface area contributed by atoms with Crippen LogP contribution in [-0.4, -0.2) is 6.61 Å². The van der Waals surface area contributed by atoms with Crippen LogP contribution in [0.5, 0.6) is 0 Å². The third-order valence-electron chi connectivity index (χ3n) is 2.80. The molecule has 0 amide bonds. The van der Waals surface area contributed by atoms with Crippen molar-refractivity contribution in [1.82, 2.24) is 0 Å². The normalized spacial score (nSPS) is 11.1. The van der Waals surface area contributed by atoms with E-state index >= 15 is 0 Å². The first-order chi connectivity index (χ1) is 7.92. The Morgan fingerprint density at radius 2 is 2.06 bits per heavy atom. The molecule has 2 heteroatoms. The van der Waals surface area contributed by atoms with Crippen molar-refractivity contribution in [2.75, 3.05) is 6.61 Å². The van der Waals surface area contributed by atoms with Crippen LogP contribution in [0, 0.1) is 7.11 Å². The topological polar surface area (TPSA) is 9.23 Å². The lowest BCUT2D eigenvalue weighted by molar-refractivity contribution is 0.234. The summed E-state index contributed by atoms with van der Waals surface area (Å²) >= 11 is 1.85. The highest BCUT2D eigenvalue weighted by atomic mass is 32.1.